The summed E-state index contributed by atoms with van der Waals surface area (Å²) in [5.74, 6) is -0.362. The van der Waals surface area contributed by atoms with Gasteiger partial charge in [0.1, 0.15) is 0 Å². The molecule has 1 rings (SSSR count). The number of nitrogens with one attached hydrogen (secondary N) is 1. The van der Waals surface area contributed by atoms with E-state index in [4.69, 9.17) is 22.1 Å². The number of benzene rings is 1. The van der Waals surface area contributed by atoms with Gasteiger partial charge >= 0.3 is 5.69 Å². The van der Waals surface area contributed by atoms with E-state index in [2.05, 4.69) is 5.32 Å². The van der Waals surface area contributed by atoms with Crippen LogP contribution in [0.1, 0.15) is 20.3 Å². The molecule has 0 radical (unpaired) electrons. The van der Waals surface area contributed by atoms with E-state index in [0.717, 1.165) is 0 Å². The monoisotopic (exact) mass is 315 g/mol. The summed E-state index contributed by atoms with van der Waals surface area (Å²) < 4.78 is 5.34. The number of nitrogens with two attached hydrogens (primary N) is 1. The Hall–Kier alpha value is -1.86. The Morgan fingerprint density at radius 1 is 1.52 bits per heavy atom. The molecule has 116 valence electrons. The fourth-order valence-electron chi connectivity index (χ4n) is 1.54. The molecule has 0 aliphatic rings. The second kappa shape index (κ2) is 7.80. The molecule has 1 amide bonds. The number of halogens is 1. The smallest absolute Gasteiger partial charge is 0.312 e. The predicted octanol–water partition coefficient (Wildman–Crippen LogP) is 1.87. The number of carbonyl (C=O) groups excluding carboxylic acids is 1. The number of nitro benzene ring substituents is 1. The lowest BCUT2D eigenvalue weighted by atomic mass is 10.2. The Balaban J connectivity index is 2.68. The van der Waals surface area contributed by atoms with Crippen molar-refractivity contribution >= 4 is 23.2 Å². The average Bonchev–Trinajstić information content (AvgIpc) is 2.39. The van der Waals surface area contributed by atoms with E-state index in [-0.39, 0.29) is 28.4 Å². The lowest BCUT2D eigenvalue weighted by molar-refractivity contribution is -0.386. The predicted molar refractivity (Wildman–Crippen MR) is 79.5 cm³/mol. The van der Waals surface area contributed by atoms with Crippen LogP contribution in [0.3, 0.4) is 0 Å². The van der Waals surface area contributed by atoms with Crippen LogP contribution >= 0.6 is 11.6 Å². The molecule has 7 nitrogen and oxygen atoms in total. The molecule has 2 atom stereocenters. The molecule has 0 aliphatic carbocycles. The summed E-state index contributed by atoms with van der Waals surface area (Å²) >= 11 is 5.71. The van der Waals surface area contributed by atoms with Gasteiger partial charge in [-0.25, -0.2) is 0 Å². The first-order chi connectivity index (χ1) is 9.81. The molecule has 0 aromatic heterocycles. The summed E-state index contributed by atoms with van der Waals surface area (Å²) in [4.78, 5) is 22.1. The zero-order chi connectivity index (χ0) is 16.0. The zero-order valence-electron chi connectivity index (χ0n) is 11.8. The minimum absolute atomic E-state index is 0.000701. The largest absolute Gasteiger partial charge is 0.474 e. The first kappa shape index (κ1) is 17.2. The van der Waals surface area contributed by atoms with Crippen molar-refractivity contribution in [2.45, 2.75) is 32.4 Å². The van der Waals surface area contributed by atoms with Gasteiger partial charge in [-0.2, -0.15) is 0 Å². The summed E-state index contributed by atoms with van der Waals surface area (Å²) in [5.41, 5.74) is 5.30. The minimum Gasteiger partial charge on any atom is -0.474 e. The van der Waals surface area contributed by atoms with E-state index in [1.165, 1.54) is 25.1 Å². The highest BCUT2D eigenvalue weighted by Crippen LogP contribution is 2.30. The van der Waals surface area contributed by atoms with Crippen LogP contribution in [0.15, 0.2) is 18.2 Å². The molecule has 1 aromatic rings. The maximum absolute atomic E-state index is 11.8. The van der Waals surface area contributed by atoms with Crippen LogP contribution in [-0.4, -0.2) is 29.5 Å². The lowest BCUT2D eigenvalue weighted by Crippen LogP contribution is -2.38. The molecule has 0 bridgehead atoms. The summed E-state index contributed by atoms with van der Waals surface area (Å²) in [6.45, 7) is 3.77. The highest BCUT2D eigenvalue weighted by atomic mass is 35.5. The molecule has 0 saturated carbocycles. The molecule has 0 heterocycles. The van der Waals surface area contributed by atoms with Crippen LogP contribution in [-0.2, 0) is 4.79 Å². The second-order valence-corrected chi connectivity index (χ2v) is 5.12. The van der Waals surface area contributed by atoms with Gasteiger partial charge in [-0.05, 0) is 32.4 Å². The number of carbonyl (C=O) groups is 1. The summed E-state index contributed by atoms with van der Waals surface area (Å²) in [5, 5.41) is 13.8. The van der Waals surface area contributed by atoms with Gasteiger partial charge in [0.05, 0.1) is 4.92 Å². The van der Waals surface area contributed by atoms with Crippen LogP contribution in [0.4, 0.5) is 5.69 Å². The number of rotatable bonds is 7. The van der Waals surface area contributed by atoms with Gasteiger partial charge in [-0.3, -0.25) is 14.9 Å². The SMILES string of the molecule is CC(N)CCNC(=O)C(C)Oc1ccc(Cl)cc1[N+](=O)[O-]. The summed E-state index contributed by atoms with van der Waals surface area (Å²) in [6.07, 6.45) is -0.225. The number of hydrogen-bond donors (Lipinski definition) is 2. The molecule has 8 heteroatoms. The van der Waals surface area contributed by atoms with Gasteiger partial charge in [0.25, 0.3) is 5.91 Å². The maximum Gasteiger partial charge on any atom is 0.312 e. The Morgan fingerprint density at radius 3 is 2.76 bits per heavy atom. The van der Waals surface area contributed by atoms with E-state index in [9.17, 15) is 14.9 Å². The van der Waals surface area contributed by atoms with Crippen molar-refractivity contribution in [3.05, 3.63) is 33.3 Å². The van der Waals surface area contributed by atoms with E-state index >= 15 is 0 Å². The Kier molecular flexibility index (Phi) is 6.39. The molecular formula is C13H18ClN3O4. The normalized spacial score (nSPS) is 13.3. The molecule has 0 fully saturated rings. The fourth-order valence-corrected chi connectivity index (χ4v) is 1.71. The highest BCUT2D eigenvalue weighted by Gasteiger charge is 2.21. The van der Waals surface area contributed by atoms with E-state index in [0.29, 0.717) is 13.0 Å². The Bertz CT molecular complexity index is 522. The second-order valence-electron chi connectivity index (χ2n) is 4.69. The molecule has 0 saturated heterocycles. The standard InChI is InChI=1S/C13H18ClN3O4/c1-8(15)5-6-16-13(18)9(2)21-12-4-3-10(14)7-11(12)17(19)20/h3-4,7-9H,5-6,15H2,1-2H3,(H,16,18). The maximum atomic E-state index is 11.8. The van der Waals surface area contributed by atoms with Crippen molar-refractivity contribution in [1.29, 1.82) is 0 Å². The third kappa shape index (κ3) is 5.57. The van der Waals surface area contributed by atoms with Crippen molar-refractivity contribution in [2.75, 3.05) is 6.54 Å². The number of amides is 1. The third-order valence-corrected chi connectivity index (χ3v) is 2.92. The van der Waals surface area contributed by atoms with Gasteiger partial charge in [-0.1, -0.05) is 11.6 Å². The fraction of sp³-hybridized carbons (Fsp3) is 0.462. The quantitative estimate of drug-likeness (QED) is 0.590. The summed E-state index contributed by atoms with van der Waals surface area (Å²) in [6, 6.07) is 3.99. The van der Waals surface area contributed by atoms with Crippen molar-refractivity contribution in [1.82, 2.24) is 5.32 Å². The van der Waals surface area contributed by atoms with Crippen LogP contribution in [0.2, 0.25) is 5.02 Å². The number of ether oxygens (including phenoxy) is 1. The topological polar surface area (TPSA) is 107 Å². The molecule has 21 heavy (non-hydrogen) atoms. The van der Waals surface area contributed by atoms with Crippen LogP contribution in [0.5, 0.6) is 5.75 Å². The molecule has 0 aliphatic heterocycles. The van der Waals surface area contributed by atoms with Crippen LogP contribution < -0.4 is 15.8 Å². The Morgan fingerprint density at radius 2 is 2.19 bits per heavy atom. The van der Waals surface area contributed by atoms with E-state index in [1.54, 1.807) is 0 Å². The number of hydrogen-bond acceptors (Lipinski definition) is 5. The molecule has 1 aromatic carbocycles. The van der Waals surface area contributed by atoms with Gasteiger partial charge in [-0.15, -0.1) is 0 Å². The Labute approximate surface area is 127 Å². The van der Waals surface area contributed by atoms with Crippen molar-refractivity contribution in [3.8, 4) is 5.75 Å². The van der Waals surface area contributed by atoms with Gasteiger partial charge in [0.15, 0.2) is 11.9 Å². The molecule has 3 N–H and O–H groups in total. The van der Waals surface area contributed by atoms with Crippen molar-refractivity contribution in [2.24, 2.45) is 5.73 Å². The number of nitro groups is 1. The van der Waals surface area contributed by atoms with Gasteiger partial charge < -0.3 is 15.8 Å². The van der Waals surface area contributed by atoms with Crippen molar-refractivity contribution < 1.29 is 14.5 Å². The van der Waals surface area contributed by atoms with Crippen LogP contribution in [0.25, 0.3) is 0 Å². The van der Waals surface area contributed by atoms with Crippen LogP contribution in [0, 0.1) is 10.1 Å². The van der Waals surface area contributed by atoms with Gasteiger partial charge in [0, 0.05) is 23.7 Å². The average molecular weight is 316 g/mol. The first-order valence-electron chi connectivity index (χ1n) is 6.45. The van der Waals surface area contributed by atoms with E-state index < -0.39 is 11.0 Å². The summed E-state index contributed by atoms with van der Waals surface area (Å²) in [7, 11) is 0. The number of nitrogens with zero attached hydrogens (tertiary/aromatic N) is 1. The molecule has 0 spiro atoms. The first-order valence-corrected chi connectivity index (χ1v) is 6.83. The lowest BCUT2D eigenvalue weighted by Gasteiger charge is -2.15. The third-order valence-electron chi connectivity index (χ3n) is 2.69. The molecular weight excluding hydrogens is 298 g/mol. The zero-order valence-corrected chi connectivity index (χ0v) is 12.6. The van der Waals surface area contributed by atoms with Gasteiger partial charge in [0.2, 0.25) is 0 Å². The molecule has 2 unspecified atom stereocenters. The minimum atomic E-state index is -0.863. The van der Waals surface area contributed by atoms with Crippen molar-refractivity contribution in [3.63, 3.8) is 0 Å². The highest BCUT2D eigenvalue weighted by molar-refractivity contribution is 6.30. The van der Waals surface area contributed by atoms with E-state index in [1.807, 2.05) is 6.92 Å².